The van der Waals surface area contributed by atoms with Crippen LogP contribution in [0.5, 0.6) is 0 Å². The quantitative estimate of drug-likeness (QED) is 0.676. The van der Waals surface area contributed by atoms with Gasteiger partial charge in [-0.1, -0.05) is 13.8 Å². The molecule has 12 heavy (non-hydrogen) atoms. The zero-order valence-corrected chi connectivity index (χ0v) is 7.74. The van der Waals surface area contributed by atoms with E-state index < -0.39 is 0 Å². The van der Waals surface area contributed by atoms with E-state index in [1.165, 1.54) is 0 Å². The predicted octanol–water partition coefficient (Wildman–Crippen LogP) is 1.19. The average Bonchev–Trinajstić information content (AvgIpc) is 2.36. The Hall–Kier alpha value is -1.12. The van der Waals surface area contributed by atoms with Gasteiger partial charge in [-0.3, -0.25) is 4.79 Å². The fraction of sp³-hybridized carbons (Fsp3) is 0.556. The molecule has 1 heterocycles. The molecule has 0 aliphatic heterocycles. The van der Waals surface area contributed by atoms with Gasteiger partial charge in [-0.25, -0.2) is 4.98 Å². The SMILES string of the molecule is CC(C)C(=O)Cc1nccn1C. The number of aryl methyl sites for hydroxylation is 1. The second-order valence-electron chi connectivity index (χ2n) is 3.25. The summed E-state index contributed by atoms with van der Waals surface area (Å²) in [5.41, 5.74) is 0. The maximum atomic E-state index is 11.3. The summed E-state index contributed by atoms with van der Waals surface area (Å²) in [5.74, 6) is 1.18. The summed E-state index contributed by atoms with van der Waals surface area (Å²) in [7, 11) is 1.90. The zero-order chi connectivity index (χ0) is 9.14. The third kappa shape index (κ3) is 1.94. The minimum atomic E-state index is 0.0988. The van der Waals surface area contributed by atoms with Crippen molar-refractivity contribution < 1.29 is 4.79 Å². The first-order chi connectivity index (χ1) is 5.61. The van der Waals surface area contributed by atoms with E-state index in [0.717, 1.165) is 5.82 Å². The standard InChI is InChI=1S/C9H14N2O/c1-7(2)8(12)6-9-10-4-5-11(9)3/h4-5,7H,6H2,1-3H3. The van der Waals surface area contributed by atoms with E-state index in [9.17, 15) is 4.79 Å². The lowest BCUT2D eigenvalue weighted by atomic mass is 10.1. The fourth-order valence-corrected chi connectivity index (χ4v) is 0.927. The van der Waals surface area contributed by atoms with E-state index in [0.29, 0.717) is 6.42 Å². The smallest absolute Gasteiger partial charge is 0.142 e. The van der Waals surface area contributed by atoms with Gasteiger partial charge in [0, 0.05) is 25.4 Å². The van der Waals surface area contributed by atoms with Gasteiger partial charge >= 0.3 is 0 Å². The van der Waals surface area contributed by atoms with Crippen molar-refractivity contribution in [1.82, 2.24) is 9.55 Å². The van der Waals surface area contributed by atoms with E-state index in [1.54, 1.807) is 6.20 Å². The minimum absolute atomic E-state index is 0.0988. The lowest BCUT2D eigenvalue weighted by Crippen LogP contribution is -2.13. The number of carbonyl (C=O) groups is 1. The van der Waals surface area contributed by atoms with Gasteiger partial charge < -0.3 is 4.57 Å². The molecule has 3 nitrogen and oxygen atoms in total. The lowest BCUT2D eigenvalue weighted by Gasteiger charge is -2.03. The number of Topliss-reactive ketones (excluding diaryl/α,β-unsaturated/α-hetero) is 1. The average molecular weight is 166 g/mol. The Morgan fingerprint density at radius 3 is 2.75 bits per heavy atom. The van der Waals surface area contributed by atoms with Crippen molar-refractivity contribution in [1.29, 1.82) is 0 Å². The topological polar surface area (TPSA) is 34.9 Å². The Morgan fingerprint density at radius 2 is 2.33 bits per heavy atom. The van der Waals surface area contributed by atoms with Crippen LogP contribution in [-0.4, -0.2) is 15.3 Å². The molecule has 0 aliphatic rings. The van der Waals surface area contributed by atoms with Crippen LogP contribution < -0.4 is 0 Å². The van der Waals surface area contributed by atoms with Crippen LogP contribution in [0.2, 0.25) is 0 Å². The Morgan fingerprint density at radius 1 is 1.67 bits per heavy atom. The van der Waals surface area contributed by atoms with E-state index in [2.05, 4.69) is 4.98 Å². The molecule has 0 N–H and O–H groups in total. The van der Waals surface area contributed by atoms with Crippen molar-refractivity contribution in [2.24, 2.45) is 13.0 Å². The maximum absolute atomic E-state index is 11.3. The highest BCUT2D eigenvalue weighted by molar-refractivity contribution is 5.81. The molecule has 1 aromatic heterocycles. The van der Waals surface area contributed by atoms with Crippen molar-refractivity contribution >= 4 is 5.78 Å². The molecular formula is C9H14N2O. The van der Waals surface area contributed by atoms with Crippen molar-refractivity contribution in [3.8, 4) is 0 Å². The highest BCUT2D eigenvalue weighted by atomic mass is 16.1. The fourth-order valence-electron chi connectivity index (χ4n) is 0.927. The Labute approximate surface area is 72.4 Å². The van der Waals surface area contributed by atoms with E-state index >= 15 is 0 Å². The molecule has 0 saturated heterocycles. The van der Waals surface area contributed by atoms with Crippen LogP contribution in [0.25, 0.3) is 0 Å². The number of carbonyl (C=O) groups excluding carboxylic acids is 1. The molecule has 0 aromatic carbocycles. The molecule has 0 unspecified atom stereocenters. The Balaban J connectivity index is 2.64. The molecule has 3 heteroatoms. The number of hydrogen-bond acceptors (Lipinski definition) is 2. The minimum Gasteiger partial charge on any atom is -0.338 e. The molecule has 0 amide bonds. The summed E-state index contributed by atoms with van der Waals surface area (Å²) in [4.78, 5) is 15.4. The normalized spacial score (nSPS) is 10.7. The summed E-state index contributed by atoms with van der Waals surface area (Å²) >= 11 is 0. The Bertz CT molecular complexity index is 276. The summed E-state index contributed by atoms with van der Waals surface area (Å²) in [6, 6.07) is 0. The molecule has 1 aromatic rings. The number of ketones is 1. The monoisotopic (exact) mass is 166 g/mol. The van der Waals surface area contributed by atoms with Gasteiger partial charge in [0.2, 0.25) is 0 Å². The number of rotatable bonds is 3. The first-order valence-corrected chi connectivity index (χ1v) is 4.10. The first kappa shape index (κ1) is 8.97. The number of aromatic nitrogens is 2. The molecule has 1 rings (SSSR count). The maximum Gasteiger partial charge on any atom is 0.142 e. The van der Waals surface area contributed by atoms with Crippen LogP contribution >= 0.6 is 0 Å². The second kappa shape index (κ2) is 3.52. The lowest BCUT2D eigenvalue weighted by molar-refractivity contribution is -0.121. The molecular weight excluding hydrogens is 152 g/mol. The van der Waals surface area contributed by atoms with Gasteiger partial charge in [-0.05, 0) is 0 Å². The summed E-state index contributed by atoms with van der Waals surface area (Å²) in [6.07, 6.45) is 4.01. The predicted molar refractivity (Wildman–Crippen MR) is 46.8 cm³/mol. The highest BCUT2D eigenvalue weighted by Gasteiger charge is 2.10. The van der Waals surface area contributed by atoms with Crippen molar-refractivity contribution in [2.75, 3.05) is 0 Å². The highest BCUT2D eigenvalue weighted by Crippen LogP contribution is 2.02. The van der Waals surface area contributed by atoms with Crippen LogP contribution in [0, 0.1) is 5.92 Å². The third-order valence-electron chi connectivity index (χ3n) is 1.90. The van der Waals surface area contributed by atoms with Gasteiger partial charge in [-0.2, -0.15) is 0 Å². The van der Waals surface area contributed by atoms with E-state index in [-0.39, 0.29) is 11.7 Å². The van der Waals surface area contributed by atoms with Crippen molar-refractivity contribution in [3.63, 3.8) is 0 Å². The largest absolute Gasteiger partial charge is 0.338 e. The van der Waals surface area contributed by atoms with Gasteiger partial charge in [-0.15, -0.1) is 0 Å². The van der Waals surface area contributed by atoms with E-state index in [1.807, 2.05) is 31.7 Å². The van der Waals surface area contributed by atoms with Crippen molar-refractivity contribution in [2.45, 2.75) is 20.3 Å². The van der Waals surface area contributed by atoms with Crippen LogP contribution in [0.1, 0.15) is 19.7 Å². The number of imidazole rings is 1. The molecule has 0 saturated carbocycles. The van der Waals surface area contributed by atoms with Gasteiger partial charge in [0.1, 0.15) is 11.6 Å². The molecule has 0 radical (unpaired) electrons. The van der Waals surface area contributed by atoms with Gasteiger partial charge in [0.25, 0.3) is 0 Å². The first-order valence-electron chi connectivity index (χ1n) is 4.10. The van der Waals surface area contributed by atoms with Gasteiger partial charge in [0.05, 0.1) is 6.42 Å². The summed E-state index contributed by atoms with van der Waals surface area (Å²) in [6.45, 7) is 3.82. The number of nitrogens with zero attached hydrogens (tertiary/aromatic N) is 2. The Kier molecular flexibility index (Phi) is 2.63. The molecule has 0 fully saturated rings. The molecule has 0 aliphatic carbocycles. The van der Waals surface area contributed by atoms with E-state index in [4.69, 9.17) is 0 Å². The van der Waals surface area contributed by atoms with Crippen LogP contribution in [0.4, 0.5) is 0 Å². The summed E-state index contributed by atoms with van der Waals surface area (Å²) in [5, 5.41) is 0. The van der Waals surface area contributed by atoms with Crippen molar-refractivity contribution in [3.05, 3.63) is 18.2 Å². The molecule has 0 spiro atoms. The third-order valence-corrected chi connectivity index (χ3v) is 1.90. The van der Waals surface area contributed by atoms with Crippen LogP contribution in [0.15, 0.2) is 12.4 Å². The van der Waals surface area contributed by atoms with Crippen LogP contribution in [0.3, 0.4) is 0 Å². The second-order valence-corrected chi connectivity index (χ2v) is 3.25. The van der Waals surface area contributed by atoms with Gasteiger partial charge in [0.15, 0.2) is 0 Å². The molecule has 0 bridgehead atoms. The number of hydrogen-bond donors (Lipinski definition) is 0. The summed E-state index contributed by atoms with van der Waals surface area (Å²) < 4.78 is 1.88. The zero-order valence-electron chi connectivity index (χ0n) is 7.74. The molecule has 66 valence electrons. The molecule has 0 atom stereocenters. The van der Waals surface area contributed by atoms with Crippen LogP contribution in [-0.2, 0) is 18.3 Å².